The Morgan fingerprint density at radius 3 is 2.48 bits per heavy atom. The van der Waals surface area contributed by atoms with Crippen molar-refractivity contribution >= 4 is 5.91 Å². The van der Waals surface area contributed by atoms with Crippen molar-refractivity contribution in [2.75, 3.05) is 14.2 Å². The molecule has 5 nitrogen and oxygen atoms in total. The minimum atomic E-state index is -0.448. The van der Waals surface area contributed by atoms with Crippen LogP contribution in [0.4, 0.5) is 0 Å². The smallest absolute Gasteiger partial charge is 0.316 e. The highest BCUT2D eigenvalue weighted by molar-refractivity contribution is 5.92. The van der Waals surface area contributed by atoms with Crippen molar-refractivity contribution in [3.63, 3.8) is 0 Å². The third-order valence-electron chi connectivity index (χ3n) is 3.66. The van der Waals surface area contributed by atoms with E-state index in [1.54, 1.807) is 18.0 Å². The topological polar surface area (TPSA) is 55.3 Å². The second kappa shape index (κ2) is 5.91. The maximum Gasteiger partial charge on any atom is 0.316 e. The van der Waals surface area contributed by atoms with E-state index in [-0.39, 0.29) is 11.9 Å². The summed E-state index contributed by atoms with van der Waals surface area (Å²) < 4.78 is 4.96. The third kappa shape index (κ3) is 3.02. The molecule has 0 aliphatic rings. The summed E-state index contributed by atoms with van der Waals surface area (Å²) in [6, 6.07) is 11.7. The molecule has 0 spiro atoms. The lowest BCUT2D eigenvalue weighted by Gasteiger charge is -2.36. The summed E-state index contributed by atoms with van der Waals surface area (Å²) in [5, 5.41) is 0. The van der Waals surface area contributed by atoms with Crippen LogP contribution in [0.15, 0.2) is 42.6 Å². The van der Waals surface area contributed by atoms with Crippen LogP contribution in [0.5, 0.6) is 6.01 Å². The van der Waals surface area contributed by atoms with E-state index in [0.717, 1.165) is 5.56 Å². The zero-order chi connectivity index (χ0) is 15.5. The van der Waals surface area contributed by atoms with Gasteiger partial charge >= 0.3 is 6.01 Å². The Labute approximate surface area is 124 Å². The summed E-state index contributed by atoms with van der Waals surface area (Å²) in [4.78, 5) is 22.3. The molecule has 1 aromatic carbocycles. The number of aromatic nitrogens is 2. The van der Waals surface area contributed by atoms with Crippen molar-refractivity contribution in [1.29, 1.82) is 0 Å². The van der Waals surface area contributed by atoms with E-state index < -0.39 is 5.54 Å². The van der Waals surface area contributed by atoms with Crippen LogP contribution in [0.3, 0.4) is 0 Å². The normalized spacial score (nSPS) is 11.0. The van der Waals surface area contributed by atoms with E-state index in [0.29, 0.717) is 5.69 Å². The predicted molar refractivity (Wildman–Crippen MR) is 80.1 cm³/mol. The van der Waals surface area contributed by atoms with Gasteiger partial charge in [0.2, 0.25) is 0 Å². The Hall–Kier alpha value is -2.43. The van der Waals surface area contributed by atoms with E-state index in [1.165, 1.54) is 13.3 Å². The molecule has 1 amide bonds. The van der Waals surface area contributed by atoms with E-state index in [4.69, 9.17) is 4.74 Å². The average molecular weight is 285 g/mol. The van der Waals surface area contributed by atoms with Crippen molar-refractivity contribution in [2.24, 2.45) is 0 Å². The molecule has 0 saturated carbocycles. The van der Waals surface area contributed by atoms with Crippen LogP contribution < -0.4 is 4.74 Å². The SMILES string of the molecule is COc1nccc(C(=O)N(C)C(C)(C)c2ccccc2)n1. The fourth-order valence-corrected chi connectivity index (χ4v) is 2.02. The summed E-state index contributed by atoms with van der Waals surface area (Å²) in [6.07, 6.45) is 1.52. The average Bonchev–Trinajstić information content (AvgIpc) is 2.54. The summed E-state index contributed by atoms with van der Waals surface area (Å²) in [6.45, 7) is 4.00. The number of rotatable bonds is 4. The highest BCUT2D eigenvalue weighted by atomic mass is 16.5. The van der Waals surface area contributed by atoms with Crippen LogP contribution in [-0.2, 0) is 5.54 Å². The maximum atomic E-state index is 12.6. The molecule has 21 heavy (non-hydrogen) atoms. The number of amides is 1. The van der Waals surface area contributed by atoms with Gasteiger partial charge < -0.3 is 9.64 Å². The lowest BCUT2D eigenvalue weighted by Crippen LogP contribution is -2.43. The molecule has 0 aliphatic heterocycles. The van der Waals surface area contributed by atoms with Gasteiger partial charge in [0.05, 0.1) is 12.6 Å². The van der Waals surface area contributed by atoms with Gasteiger partial charge in [-0.2, -0.15) is 4.98 Å². The van der Waals surface area contributed by atoms with Crippen LogP contribution in [-0.4, -0.2) is 34.9 Å². The molecule has 110 valence electrons. The number of methoxy groups -OCH3 is 1. The van der Waals surface area contributed by atoms with Gasteiger partial charge in [-0.25, -0.2) is 4.98 Å². The molecule has 0 atom stereocenters. The Balaban J connectivity index is 2.30. The zero-order valence-electron chi connectivity index (χ0n) is 12.7. The van der Waals surface area contributed by atoms with Gasteiger partial charge in [-0.15, -0.1) is 0 Å². The summed E-state index contributed by atoms with van der Waals surface area (Å²) in [7, 11) is 3.24. The Kier molecular flexibility index (Phi) is 4.21. The van der Waals surface area contributed by atoms with Crippen molar-refractivity contribution in [1.82, 2.24) is 14.9 Å². The molecule has 0 radical (unpaired) electrons. The van der Waals surface area contributed by atoms with Crippen LogP contribution in [0.1, 0.15) is 29.9 Å². The quantitative estimate of drug-likeness (QED) is 0.866. The molecular formula is C16H19N3O2. The molecule has 0 fully saturated rings. The van der Waals surface area contributed by atoms with Gasteiger partial charge in [0.1, 0.15) is 5.69 Å². The van der Waals surface area contributed by atoms with E-state index in [1.807, 2.05) is 44.2 Å². The van der Waals surface area contributed by atoms with Crippen molar-refractivity contribution in [3.8, 4) is 6.01 Å². The largest absolute Gasteiger partial charge is 0.467 e. The molecule has 1 aromatic heterocycles. The molecule has 0 bridgehead atoms. The highest BCUT2D eigenvalue weighted by Gasteiger charge is 2.30. The van der Waals surface area contributed by atoms with Crippen LogP contribution in [0.2, 0.25) is 0 Å². The van der Waals surface area contributed by atoms with Gasteiger partial charge in [-0.05, 0) is 25.5 Å². The molecular weight excluding hydrogens is 266 g/mol. The van der Waals surface area contributed by atoms with Gasteiger partial charge in [0.15, 0.2) is 0 Å². The predicted octanol–water partition coefficient (Wildman–Crippen LogP) is 2.49. The molecule has 2 rings (SSSR count). The molecule has 0 aliphatic carbocycles. The molecule has 5 heteroatoms. The number of hydrogen-bond donors (Lipinski definition) is 0. The third-order valence-corrected chi connectivity index (χ3v) is 3.66. The molecule has 0 N–H and O–H groups in total. The Morgan fingerprint density at radius 1 is 1.19 bits per heavy atom. The van der Waals surface area contributed by atoms with Gasteiger partial charge in [0, 0.05) is 13.2 Å². The Bertz CT molecular complexity index is 626. The van der Waals surface area contributed by atoms with Crippen LogP contribution >= 0.6 is 0 Å². The first-order chi connectivity index (χ1) is 9.96. The van der Waals surface area contributed by atoms with Gasteiger partial charge in [-0.1, -0.05) is 30.3 Å². The van der Waals surface area contributed by atoms with E-state index in [2.05, 4.69) is 9.97 Å². The lowest BCUT2D eigenvalue weighted by molar-refractivity contribution is 0.0614. The number of nitrogens with zero attached hydrogens (tertiary/aromatic N) is 3. The second-order valence-electron chi connectivity index (χ2n) is 5.22. The standard InChI is InChI=1S/C16H19N3O2/c1-16(2,12-8-6-5-7-9-12)19(3)14(20)13-10-11-17-15(18-13)21-4/h5-11H,1-4H3. The molecule has 2 aromatic rings. The van der Waals surface area contributed by atoms with Crippen molar-refractivity contribution < 1.29 is 9.53 Å². The first-order valence-electron chi connectivity index (χ1n) is 6.67. The minimum absolute atomic E-state index is 0.176. The number of benzene rings is 1. The number of ether oxygens (including phenoxy) is 1. The first kappa shape index (κ1) is 15.0. The van der Waals surface area contributed by atoms with Crippen LogP contribution in [0, 0.1) is 0 Å². The fraction of sp³-hybridized carbons (Fsp3) is 0.312. The first-order valence-corrected chi connectivity index (χ1v) is 6.67. The molecule has 1 heterocycles. The van der Waals surface area contributed by atoms with Crippen molar-refractivity contribution in [2.45, 2.75) is 19.4 Å². The summed E-state index contributed by atoms with van der Waals surface area (Å²) in [5.41, 5.74) is 0.923. The van der Waals surface area contributed by atoms with E-state index in [9.17, 15) is 4.79 Å². The minimum Gasteiger partial charge on any atom is -0.467 e. The maximum absolute atomic E-state index is 12.6. The van der Waals surface area contributed by atoms with E-state index >= 15 is 0 Å². The van der Waals surface area contributed by atoms with Crippen LogP contribution in [0.25, 0.3) is 0 Å². The Morgan fingerprint density at radius 2 is 1.86 bits per heavy atom. The monoisotopic (exact) mass is 285 g/mol. The molecule has 0 unspecified atom stereocenters. The lowest BCUT2D eigenvalue weighted by atomic mass is 9.92. The van der Waals surface area contributed by atoms with Crippen molar-refractivity contribution in [3.05, 3.63) is 53.9 Å². The summed E-state index contributed by atoms with van der Waals surface area (Å²) >= 11 is 0. The second-order valence-corrected chi connectivity index (χ2v) is 5.22. The number of carbonyl (C=O) groups is 1. The summed E-state index contributed by atoms with van der Waals surface area (Å²) in [5.74, 6) is -0.176. The zero-order valence-corrected chi connectivity index (χ0v) is 12.7. The fourth-order valence-electron chi connectivity index (χ4n) is 2.02. The number of hydrogen-bond acceptors (Lipinski definition) is 4. The van der Waals surface area contributed by atoms with Gasteiger partial charge in [-0.3, -0.25) is 4.79 Å². The molecule has 0 saturated heterocycles. The number of carbonyl (C=O) groups excluding carboxylic acids is 1. The highest BCUT2D eigenvalue weighted by Crippen LogP contribution is 2.27. The van der Waals surface area contributed by atoms with Gasteiger partial charge in [0.25, 0.3) is 5.91 Å².